The lowest BCUT2D eigenvalue weighted by Crippen LogP contribution is -2.66. The minimum atomic E-state index is -5.37. The maximum atomic E-state index is 15.0. The van der Waals surface area contributed by atoms with Crippen LogP contribution in [-0.2, 0) is 15.0 Å². The fraction of sp³-hybridized carbons (Fsp3) is 0.393. The molecule has 10 heteroatoms. The molecule has 1 atom stereocenters. The monoisotopic (exact) mass is 550 g/mol. The van der Waals surface area contributed by atoms with Gasteiger partial charge in [-0.05, 0) is 53.1 Å². The first-order chi connectivity index (χ1) is 17.4. The van der Waals surface area contributed by atoms with E-state index in [9.17, 15) is 31.9 Å². The van der Waals surface area contributed by atoms with E-state index < -0.39 is 51.1 Å². The van der Waals surface area contributed by atoms with Crippen molar-refractivity contribution in [3.8, 4) is 0 Å². The summed E-state index contributed by atoms with van der Waals surface area (Å²) < 4.78 is 58.9. The van der Waals surface area contributed by atoms with Gasteiger partial charge in [0, 0.05) is 17.7 Å². The minimum Gasteiger partial charge on any atom is -0.326 e. The Morgan fingerprint density at radius 3 is 2.13 bits per heavy atom. The van der Waals surface area contributed by atoms with Crippen LogP contribution in [0.4, 0.5) is 23.2 Å². The number of carbonyl (C=O) groups excluding carboxylic acids is 3. The van der Waals surface area contributed by atoms with Gasteiger partial charge in [-0.15, -0.1) is 0 Å². The van der Waals surface area contributed by atoms with Gasteiger partial charge < -0.3 is 5.32 Å². The fourth-order valence-electron chi connectivity index (χ4n) is 5.01. The van der Waals surface area contributed by atoms with Crippen molar-refractivity contribution >= 4 is 34.9 Å². The Morgan fingerprint density at radius 2 is 1.61 bits per heavy atom. The number of rotatable bonds is 3. The van der Waals surface area contributed by atoms with Crippen LogP contribution in [0.3, 0.4) is 0 Å². The van der Waals surface area contributed by atoms with Gasteiger partial charge in [-0.2, -0.15) is 13.2 Å². The molecule has 0 spiro atoms. The Labute approximate surface area is 222 Å². The highest BCUT2D eigenvalue weighted by Gasteiger charge is 2.72. The third kappa shape index (κ3) is 4.51. The van der Waals surface area contributed by atoms with Gasteiger partial charge in [0.2, 0.25) is 5.54 Å². The van der Waals surface area contributed by atoms with Crippen molar-refractivity contribution in [2.75, 3.05) is 4.90 Å². The van der Waals surface area contributed by atoms with E-state index in [4.69, 9.17) is 11.6 Å². The second-order valence-electron chi connectivity index (χ2n) is 11.5. The summed E-state index contributed by atoms with van der Waals surface area (Å²) in [4.78, 5) is 41.1. The standard InChI is InChI=1S/C28H27ClF4N2O3/c1-25(2,3)16-8-6-15(7-9-16)23(37)34-27(28(31,32)33)22-20(13-26(4,5)14-21(22)36)35(24(27)38)17-10-11-19(30)18(29)12-17/h6-12H,13-14H2,1-5H3,(H,34,37)/t27-/m1/s1. The number of hydrogen-bond donors (Lipinski definition) is 1. The molecule has 0 bridgehead atoms. The Balaban J connectivity index is 1.89. The molecule has 2 aliphatic rings. The van der Waals surface area contributed by atoms with Gasteiger partial charge in [-0.1, -0.05) is 58.4 Å². The summed E-state index contributed by atoms with van der Waals surface area (Å²) in [7, 11) is 0. The van der Waals surface area contributed by atoms with Crippen LogP contribution in [0, 0.1) is 11.2 Å². The zero-order valence-electron chi connectivity index (χ0n) is 21.5. The van der Waals surface area contributed by atoms with Crippen molar-refractivity contribution in [3.05, 3.63) is 75.7 Å². The molecule has 0 radical (unpaired) electrons. The topological polar surface area (TPSA) is 66.5 Å². The van der Waals surface area contributed by atoms with Crippen molar-refractivity contribution in [2.45, 2.75) is 64.6 Å². The molecule has 2 amide bonds. The van der Waals surface area contributed by atoms with Crippen molar-refractivity contribution < 1.29 is 31.9 Å². The fourth-order valence-corrected chi connectivity index (χ4v) is 5.19. The molecule has 0 saturated heterocycles. The summed E-state index contributed by atoms with van der Waals surface area (Å²) >= 11 is 5.88. The second-order valence-corrected chi connectivity index (χ2v) is 11.9. The molecule has 1 aliphatic heterocycles. The number of ketones is 1. The van der Waals surface area contributed by atoms with Crippen molar-refractivity contribution in [1.82, 2.24) is 5.32 Å². The van der Waals surface area contributed by atoms with E-state index in [-0.39, 0.29) is 35.2 Å². The van der Waals surface area contributed by atoms with Gasteiger partial charge in [0.15, 0.2) is 5.78 Å². The molecule has 0 saturated carbocycles. The largest absolute Gasteiger partial charge is 0.425 e. The number of amides is 2. The van der Waals surface area contributed by atoms with E-state index >= 15 is 0 Å². The number of hydrogen-bond acceptors (Lipinski definition) is 3. The molecule has 202 valence electrons. The number of benzene rings is 2. The van der Waals surface area contributed by atoms with E-state index in [1.54, 1.807) is 26.0 Å². The van der Waals surface area contributed by atoms with Crippen LogP contribution < -0.4 is 10.2 Å². The average Bonchev–Trinajstić information content (AvgIpc) is 3.02. The summed E-state index contributed by atoms with van der Waals surface area (Å²) in [5.41, 5.74) is -5.08. The Hall–Kier alpha value is -3.20. The van der Waals surface area contributed by atoms with Crippen molar-refractivity contribution in [3.63, 3.8) is 0 Å². The maximum absolute atomic E-state index is 15.0. The van der Waals surface area contributed by atoms with Crippen LogP contribution >= 0.6 is 11.6 Å². The second kappa shape index (κ2) is 8.93. The molecule has 38 heavy (non-hydrogen) atoms. The van der Waals surface area contributed by atoms with Crippen LogP contribution in [0.2, 0.25) is 5.02 Å². The van der Waals surface area contributed by atoms with E-state index in [0.29, 0.717) is 0 Å². The number of nitrogens with one attached hydrogen (secondary N) is 1. The number of nitrogens with zero attached hydrogens (tertiary/aromatic N) is 1. The Morgan fingerprint density at radius 1 is 1.00 bits per heavy atom. The lowest BCUT2D eigenvalue weighted by Gasteiger charge is -2.35. The molecule has 1 heterocycles. The molecule has 1 aliphatic carbocycles. The van der Waals surface area contributed by atoms with Gasteiger partial charge in [0.25, 0.3) is 11.8 Å². The van der Waals surface area contributed by atoms with Crippen LogP contribution in [0.25, 0.3) is 0 Å². The number of allylic oxidation sites excluding steroid dienone is 1. The summed E-state index contributed by atoms with van der Waals surface area (Å²) in [6.07, 6.45) is -5.70. The predicted octanol–water partition coefficient (Wildman–Crippen LogP) is 6.50. The van der Waals surface area contributed by atoms with Crippen molar-refractivity contribution in [1.29, 1.82) is 0 Å². The molecule has 5 nitrogen and oxygen atoms in total. The lowest BCUT2D eigenvalue weighted by atomic mass is 9.72. The SMILES string of the molecule is CC1(C)CC(=O)C2=C(C1)N(c1ccc(F)c(Cl)c1)C(=O)[C@@]2(NC(=O)c1ccc(C(C)(C)C)cc1)C(F)(F)F. The van der Waals surface area contributed by atoms with E-state index in [2.05, 4.69) is 0 Å². The van der Waals surface area contributed by atoms with Crippen LogP contribution in [0.5, 0.6) is 0 Å². The number of carbonyl (C=O) groups is 3. The van der Waals surface area contributed by atoms with E-state index in [0.717, 1.165) is 28.7 Å². The zero-order chi connectivity index (χ0) is 28.4. The highest BCUT2D eigenvalue weighted by Crippen LogP contribution is 2.53. The number of anilines is 1. The van der Waals surface area contributed by atoms with Gasteiger partial charge >= 0.3 is 6.18 Å². The summed E-state index contributed by atoms with van der Waals surface area (Å²) in [6, 6.07) is 9.04. The smallest absolute Gasteiger partial charge is 0.326 e. The van der Waals surface area contributed by atoms with Gasteiger partial charge in [-0.3, -0.25) is 19.3 Å². The highest BCUT2D eigenvalue weighted by atomic mass is 35.5. The summed E-state index contributed by atoms with van der Waals surface area (Å²) in [5.74, 6) is -4.48. The van der Waals surface area contributed by atoms with Gasteiger partial charge in [0.05, 0.1) is 16.3 Å². The molecular weight excluding hydrogens is 524 g/mol. The Kier molecular flexibility index (Phi) is 6.54. The molecule has 0 aromatic heterocycles. The number of halogens is 5. The first kappa shape index (κ1) is 27.8. The third-order valence-corrected chi connectivity index (χ3v) is 7.21. The van der Waals surface area contributed by atoms with Crippen LogP contribution in [0.1, 0.15) is 63.4 Å². The van der Waals surface area contributed by atoms with Gasteiger partial charge in [0.1, 0.15) is 5.82 Å². The van der Waals surface area contributed by atoms with Crippen LogP contribution in [-0.4, -0.2) is 29.3 Å². The van der Waals surface area contributed by atoms with Crippen LogP contribution in [0.15, 0.2) is 53.7 Å². The summed E-state index contributed by atoms with van der Waals surface area (Å²) in [6.45, 7) is 9.21. The molecule has 4 rings (SSSR count). The first-order valence-corrected chi connectivity index (χ1v) is 12.3. The molecule has 0 fully saturated rings. The highest BCUT2D eigenvalue weighted by molar-refractivity contribution is 6.31. The number of Topliss-reactive ketones (excluding diaryl/α,β-unsaturated/α-hetero) is 1. The molecular formula is C28H27ClF4N2O3. The molecule has 2 aromatic rings. The van der Waals surface area contributed by atoms with E-state index in [1.807, 2.05) is 26.1 Å². The first-order valence-electron chi connectivity index (χ1n) is 12.0. The maximum Gasteiger partial charge on any atom is 0.425 e. The third-order valence-electron chi connectivity index (χ3n) is 6.92. The van der Waals surface area contributed by atoms with E-state index in [1.165, 1.54) is 12.1 Å². The molecule has 2 aromatic carbocycles. The van der Waals surface area contributed by atoms with Crippen molar-refractivity contribution in [2.24, 2.45) is 5.41 Å². The quantitative estimate of drug-likeness (QED) is 0.444. The molecule has 0 unspecified atom stereocenters. The minimum absolute atomic E-state index is 0.0667. The van der Waals surface area contributed by atoms with Gasteiger partial charge in [-0.25, -0.2) is 4.39 Å². The normalized spacial score (nSPS) is 21.6. The molecule has 1 N–H and O–H groups in total. The Bertz CT molecular complexity index is 1370. The average molecular weight is 551 g/mol. The summed E-state index contributed by atoms with van der Waals surface area (Å²) in [5, 5.41) is 1.49. The lowest BCUT2D eigenvalue weighted by molar-refractivity contribution is -0.186. The zero-order valence-corrected chi connectivity index (χ0v) is 22.3. The number of alkyl halides is 3. The predicted molar refractivity (Wildman–Crippen MR) is 135 cm³/mol.